The molecule has 3 rings (SSSR count). The van der Waals surface area contributed by atoms with Crippen molar-refractivity contribution in [2.45, 2.75) is 13.1 Å². The fraction of sp³-hybridized carbons (Fsp3) is 0.118. The van der Waals surface area contributed by atoms with Crippen LogP contribution in [0.3, 0.4) is 0 Å². The largest absolute Gasteiger partial charge is 0.478 e. The number of rotatable bonds is 3. The molecule has 0 saturated heterocycles. The molecule has 134 valence electrons. The number of carbonyl (C=O) groups is 1. The Morgan fingerprint density at radius 1 is 1.19 bits per heavy atom. The lowest BCUT2D eigenvalue weighted by molar-refractivity contribution is -0.137. The van der Waals surface area contributed by atoms with Crippen molar-refractivity contribution < 1.29 is 27.6 Å². The van der Waals surface area contributed by atoms with Crippen LogP contribution in [0, 0.1) is 6.92 Å². The highest BCUT2D eigenvalue weighted by molar-refractivity contribution is 6.31. The average Bonchev–Trinajstić information content (AvgIpc) is 3.06. The minimum atomic E-state index is -4.56. The lowest BCUT2D eigenvalue weighted by atomic mass is 10.0. The van der Waals surface area contributed by atoms with Crippen LogP contribution in [0.15, 0.2) is 40.9 Å². The summed E-state index contributed by atoms with van der Waals surface area (Å²) in [7, 11) is 0. The predicted octanol–water partition coefficient (Wildman–Crippen LogP) is 5.08. The van der Waals surface area contributed by atoms with Crippen LogP contribution in [-0.2, 0) is 6.18 Å². The molecule has 0 fully saturated rings. The zero-order valence-electron chi connectivity index (χ0n) is 13.1. The minimum absolute atomic E-state index is 0.0462. The van der Waals surface area contributed by atoms with Gasteiger partial charge in [-0.25, -0.2) is 4.79 Å². The number of carboxylic acids is 1. The Morgan fingerprint density at radius 3 is 2.42 bits per heavy atom. The third kappa shape index (κ3) is 3.41. The second-order valence-electron chi connectivity index (χ2n) is 5.43. The Labute approximate surface area is 150 Å². The minimum Gasteiger partial charge on any atom is -0.478 e. The third-order valence-corrected chi connectivity index (χ3v) is 4.11. The summed E-state index contributed by atoms with van der Waals surface area (Å²) < 4.78 is 44.1. The van der Waals surface area contributed by atoms with Gasteiger partial charge >= 0.3 is 12.1 Å². The van der Waals surface area contributed by atoms with Crippen molar-refractivity contribution in [1.29, 1.82) is 0 Å². The summed E-state index contributed by atoms with van der Waals surface area (Å²) in [5, 5.41) is 12.5. The maximum Gasteiger partial charge on any atom is 0.416 e. The number of nitrogens with zero attached hydrogens (tertiary/aromatic N) is 2. The predicted molar refractivity (Wildman–Crippen MR) is 86.9 cm³/mol. The number of alkyl halides is 3. The van der Waals surface area contributed by atoms with E-state index in [0.29, 0.717) is 11.1 Å². The SMILES string of the molecule is Cc1c(Cl)cc(C(F)(F)F)cc1-c1noc(-c2ccc(C(=O)O)cc2)n1. The maximum atomic E-state index is 13.0. The second kappa shape index (κ2) is 6.45. The molecule has 0 saturated carbocycles. The summed E-state index contributed by atoms with van der Waals surface area (Å²) in [5.41, 5.74) is 0.0777. The fourth-order valence-electron chi connectivity index (χ4n) is 2.28. The van der Waals surface area contributed by atoms with Gasteiger partial charge < -0.3 is 9.63 Å². The number of carboxylic acid groups (broad SMARTS) is 1. The van der Waals surface area contributed by atoms with Crippen LogP contribution in [0.5, 0.6) is 0 Å². The summed E-state index contributed by atoms with van der Waals surface area (Å²) >= 11 is 5.90. The lowest BCUT2D eigenvalue weighted by Gasteiger charge is -2.11. The van der Waals surface area contributed by atoms with Crippen molar-refractivity contribution in [3.05, 3.63) is 58.1 Å². The molecule has 0 amide bonds. The Balaban J connectivity index is 2.02. The summed E-state index contributed by atoms with van der Waals surface area (Å²) in [6.45, 7) is 1.55. The van der Waals surface area contributed by atoms with Crippen molar-refractivity contribution in [3.63, 3.8) is 0 Å². The number of halogens is 4. The molecule has 5 nitrogen and oxygen atoms in total. The molecule has 0 aliphatic carbocycles. The van der Waals surface area contributed by atoms with Crippen molar-refractivity contribution in [2.75, 3.05) is 0 Å². The van der Waals surface area contributed by atoms with Crippen LogP contribution in [0.25, 0.3) is 22.8 Å². The molecule has 0 unspecified atom stereocenters. The molecule has 0 aliphatic heterocycles. The Hall–Kier alpha value is -2.87. The quantitative estimate of drug-likeness (QED) is 0.683. The van der Waals surface area contributed by atoms with E-state index >= 15 is 0 Å². The molecule has 26 heavy (non-hydrogen) atoms. The Morgan fingerprint density at radius 2 is 1.85 bits per heavy atom. The summed E-state index contributed by atoms with van der Waals surface area (Å²) in [6, 6.07) is 7.39. The summed E-state index contributed by atoms with van der Waals surface area (Å²) in [6.07, 6.45) is -4.56. The van der Waals surface area contributed by atoms with E-state index in [4.69, 9.17) is 21.2 Å². The molecular formula is C17H10ClF3N2O3. The van der Waals surface area contributed by atoms with Crippen molar-refractivity contribution in [2.24, 2.45) is 0 Å². The molecule has 1 heterocycles. The van der Waals surface area contributed by atoms with Crippen LogP contribution in [0.4, 0.5) is 13.2 Å². The van der Waals surface area contributed by atoms with Crippen molar-refractivity contribution >= 4 is 17.6 Å². The summed E-state index contributed by atoms with van der Waals surface area (Å²) in [4.78, 5) is 15.0. The molecule has 0 bridgehead atoms. The van der Waals surface area contributed by atoms with Crippen LogP contribution in [-0.4, -0.2) is 21.2 Å². The van der Waals surface area contributed by atoms with E-state index in [-0.39, 0.29) is 27.9 Å². The van der Waals surface area contributed by atoms with Gasteiger partial charge in [0.25, 0.3) is 5.89 Å². The Kier molecular flexibility index (Phi) is 4.45. The molecule has 9 heteroatoms. The highest BCUT2D eigenvalue weighted by Crippen LogP contribution is 2.37. The number of hydrogen-bond acceptors (Lipinski definition) is 4. The Bertz CT molecular complexity index is 982. The molecule has 0 radical (unpaired) electrons. The highest BCUT2D eigenvalue weighted by Gasteiger charge is 2.32. The first-order chi connectivity index (χ1) is 12.2. The van der Waals surface area contributed by atoms with Gasteiger partial charge in [0, 0.05) is 16.1 Å². The van der Waals surface area contributed by atoms with E-state index in [1.165, 1.54) is 24.3 Å². The van der Waals surface area contributed by atoms with Crippen LogP contribution >= 0.6 is 11.6 Å². The normalized spacial score (nSPS) is 11.6. The monoisotopic (exact) mass is 382 g/mol. The van der Waals surface area contributed by atoms with Gasteiger partial charge in [0.05, 0.1) is 11.1 Å². The number of aromatic carboxylic acids is 1. The molecule has 0 spiro atoms. The van der Waals surface area contributed by atoms with Gasteiger partial charge in [-0.2, -0.15) is 18.2 Å². The van der Waals surface area contributed by atoms with Gasteiger partial charge in [-0.15, -0.1) is 0 Å². The second-order valence-corrected chi connectivity index (χ2v) is 5.84. The smallest absolute Gasteiger partial charge is 0.416 e. The topological polar surface area (TPSA) is 76.2 Å². The van der Waals surface area contributed by atoms with E-state index in [1.54, 1.807) is 6.92 Å². The van der Waals surface area contributed by atoms with Gasteiger partial charge in [-0.3, -0.25) is 0 Å². The van der Waals surface area contributed by atoms with Gasteiger partial charge in [-0.05, 0) is 48.9 Å². The maximum absolute atomic E-state index is 13.0. The molecule has 1 aromatic heterocycles. The molecule has 3 aromatic rings. The van der Waals surface area contributed by atoms with Crippen LogP contribution < -0.4 is 0 Å². The van der Waals surface area contributed by atoms with Gasteiger partial charge in [0.1, 0.15) is 0 Å². The number of aromatic nitrogens is 2. The average molecular weight is 383 g/mol. The van der Waals surface area contributed by atoms with E-state index in [0.717, 1.165) is 12.1 Å². The van der Waals surface area contributed by atoms with Crippen LogP contribution in [0.2, 0.25) is 5.02 Å². The number of benzene rings is 2. The lowest BCUT2D eigenvalue weighted by Crippen LogP contribution is -2.06. The van der Waals surface area contributed by atoms with E-state index in [9.17, 15) is 18.0 Å². The first-order valence-corrected chi connectivity index (χ1v) is 7.60. The van der Waals surface area contributed by atoms with Gasteiger partial charge in [0.15, 0.2) is 0 Å². The van der Waals surface area contributed by atoms with Crippen LogP contribution in [0.1, 0.15) is 21.5 Å². The van der Waals surface area contributed by atoms with Gasteiger partial charge in [0.2, 0.25) is 5.82 Å². The standard InChI is InChI=1S/C17H10ClF3N2O3/c1-8-12(6-11(7-13(8)18)17(19,20)21)14-22-15(26-23-14)9-2-4-10(5-3-9)16(24)25/h2-7H,1H3,(H,24,25). The molecular weight excluding hydrogens is 373 g/mol. The third-order valence-electron chi connectivity index (χ3n) is 3.72. The van der Waals surface area contributed by atoms with E-state index in [1.807, 2.05) is 0 Å². The fourth-order valence-corrected chi connectivity index (χ4v) is 2.50. The number of hydrogen-bond donors (Lipinski definition) is 1. The van der Waals surface area contributed by atoms with Crippen molar-refractivity contribution in [1.82, 2.24) is 10.1 Å². The first kappa shape index (κ1) is 17.9. The highest BCUT2D eigenvalue weighted by atomic mass is 35.5. The zero-order valence-corrected chi connectivity index (χ0v) is 13.9. The molecule has 0 aliphatic rings. The zero-order chi connectivity index (χ0) is 19.1. The summed E-state index contributed by atoms with van der Waals surface area (Å²) in [5.74, 6) is -1.09. The molecule has 1 N–H and O–H groups in total. The molecule has 0 atom stereocenters. The van der Waals surface area contributed by atoms with E-state index < -0.39 is 17.7 Å². The molecule has 2 aromatic carbocycles. The van der Waals surface area contributed by atoms with E-state index in [2.05, 4.69) is 10.1 Å². The van der Waals surface area contributed by atoms with Crippen molar-refractivity contribution in [3.8, 4) is 22.8 Å². The first-order valence-electron chi connectivity index (χ1n) is 7.22. The van der Waals surface area contributed by atoms with Gasteiger partial charge in [-0.1, -0.05) is 16.8 Å².